The monoisotopic (exact) mass is 340 g/mol. The van der Waals surface area contributed by atoms with Crippen molar-refractivity contribution < 1.29 is 9.53 Å². The average Bonchev–Trinajstić information content (AvgIpc) is 2.61. The number of amides is 1. The molecule has 6 heteroatoms. The third kappa shape index (κ3) is 4.07. The SMILES string of the molecule is COc1ccc(C)cc1Nc1nccc(C(=O)N2CCCC(C)C2)n1. The molecule has 1 aromatic heterocycles. The number of likely N-dealkylation sites (tertiary alicyclic amines) is 1. The molecule has 0 aliphatic carbocycles. The van der Waals surface area contributed by atoms with Crippen LogP contribution in [0.25, 0.3) is 0 Å². The van der Waals surface area contributed by atoms with Crippen molar-refractivity contribution in [2.24, 2.45) is 5.92 Å². The van der Waals surface area contributed by atoms with E-state index in [9.17, 15) is 4.79 Å². The smallest absolute Gasteiger partial charge is 0.272 e. The minimum atomic E-state index is -0.0341. The molecule has 2 aromatic rings. The molecule has 0 radical (unpaired) electrons. The number of hydrogen-bond donors (Lipinski definition) is 1. The Morgan fingerprint density at radius 1 is 1.36 bits per heavy atom. The molecule has 1 saturated heterocycles. The van der Waals surface area contributed by atoms with E-state index in [4.69, 9.17) is 4.74 Å². The molecular formula is C19H24N4O2. The Hall–Kier alpha value is -2.63. The molecule has 0 spiro atoms. The van der Waals surface area contributed by atoms with Gasteiger partial charge in [-0.05, 0) is 49.4 Å². The molecule has 1 atom stereocenters. The fourth-order valence-corrected chi connectivity index (χ4v) is 3.11. The van der Waals surface area contributed by atoms with Crippen LogP contribution in [-0.4, -0.2) is 41.0 Å². The summed E-state index contributed by atoms with van der Waals surface area (Å²) in [6.45, 7) is 5.76. The number of rotatable bonds is 4. The van der Waals surface area contributed by atoms with Crippen molar-refractivity contribution in [1.29, 1.82) is 0 Å². The lowest BCUT2D eigenvalue weighted by molar-refractivity contribution is 0.0677. The maximum atomic E-state index is 12.7. The standard InChI is InChI=1S/C19H24N4O2/c1-13-6-7-17(25-3)16(11-13)22-19-20-9-8-15(21-19)18(24)23-10-4-5-14(2)12-23/h6-9,11,14H,4-5,10,12H2,1-3H3,(H,20,21,22). The predicted molar refractivity (Wildman–Crippen MR) is 97.3 cm³/mol. The maximum absolute atomic E-state index is 12.7. The molecule has 1 amide bonds. The summed E-state index contributed by atoms with van der Waals surface area (Å²) in [6, 6.07) is 7.49. The number of aryl methyl sites for hydroxylation is 1. The minimum Gasteiger partial charge on any atom is -0.495 e. The predicted octanol–water partition coefficient (Wildman–Crippen LogP) is 3.41. The van der Waals surface area contributed by atoms with Crippen LogP contribution in [0.2, 0.25) is 0 Å². The zero-order valence-corrected chi connectivity index (χ0v) is 15.0. The molecule has 1 unspecified atom stereocenters. The number of carbonyl (C=O) groups is 1. The third-order valence-electron chi connectivity index (χ3n) is 4.42. The van der Waals surface area contributed by atoms with E-state index >= 15 is 0 Å². The highest BCUT2D eigenvalue weighted by atomic mass is 16.5. The zero-order valence-electron chi connectivity index (χ0n) is 15.0. The van der Waals surface area contributed by atoms with Gasteiger partial charge in [-0.15, -0.1) is 0 Å². The summed E-state index contributed by atoms with van der Waals surface area (Å²) in [4.78, 5) is 23.2. The molecule has 25 heavy (non-hydrogen) atoms. The fourth-order valence-electron chi connectivity index (χ4n) is 3.11. The second kappa shape index (κ2) is 7.51. The van der Waals surface area contributed by atoms with Gasteiger partial charge in [0.15, 0.2) is 0 Å². The quantitative estimate of drug-likeness (QED) is 0.924. The lowest BCUT2D eigenvalue weighted by atomic mass is 10.00. The van der Waals surface area contributed by atoms with Gasteiger partial charge < -0.3 is 15.0 Å². The summed E-state index contributed by atoms with van der Waals surface area (Å²) in [5, 5.41) is 3.15. The number of ether oxygens (including phenoxy) is 1. The van der Waals surface area contributed by atoms with Crippen LogP contribution >= 0.6 is 0 Å². The number of methoxy groups -OCH3 is 1. The number of benzene rings is 1. The molecule has 1 aliphatic rings. The van der Waals surface area contributed by atoms with Crippen molar-refractivity contribution in [3.05, 3.63) is 41.7 Å². The first kappa shape index (κ1) is 17.2. The zero-order chi connectivity index (χ0) is 17.8. The first-order valence-corrected chi connectivity index (χ1v) is 8.61. The van der Waals surface area contributed by atoms with Crippen molar-refractivity contribution in [2.45, 2.75) is 26.7 Å². The van der Waals surface area contributed by atoms with Crippen LogP contribution in [0.1, 0.15) is 35.8 Å². The Kier molecular flexibility index (Phi) is 5.16. The molecule has 1 N–H and O–H groups in total. The molecule has 6 nitrogen and oxygen atoms in total. The van der Waals surface area contributed by atoms with Crippen LogP contribution < -0.4 is 10.1 Å². The van der Waals surface area contributed by atoms with E-state index in [0.717, 1.165) is 30.8 Å². The van der Waals surface area contributed by atoms with Crippen LogP contribution in [0.5, 0.6) is 5.75 Å². The third-order valence-corrected chi connectivity index (χ3v) is 4.42. The highest BCUT2D eigenvalue weighted by molar-refractivity contribution is 5.92. The van der Waals surface area contributed by atoms with E-state index in [1.165, 1.54) is 6.42 Å². The van der Waals surface area contributed by atoms with Gasteiger partial charge in [0, 0.05) is 19.3 Å². The van der Waals surface area contributed by atoms with E-state index in [0.29, 0.717) is 23.3 Å². The van der Waals surface area contributed by atoms with E-state index in [1.807, 2.05) is 30.0 Å². The lowest BCUT2D eigenvalue weighted by Crippen LogP contribution is -2.39. The van der Waals surface area contributed by atoms with Crippen molar-refractivity contribution in [3.63, 3.8) is 0 Å². The number of piperidine rings is 1. The maximum Gasteiger partial charge on any atom is 0.272 e. The van der Waals surface area contributed by atoms with Crippen molar-refractivity contribution >= 4 is 17.5 Å². The van der Waals surface area contributed by atoms with Crippen LogP contribution in [0, 0.1) is 12.8 Å². The molecule has 1 aromatic carbocycles. The van der Waals surface area contributed by atoms with E-state index in [-0.39, 0.29) is 5.91 Å². The van der Waals surface area contributed by atoms with Crippen LogP contribution in [-0.2, 0) is 0 Å². The number of aromatic nitrogens is 2. The molecular weight excluding hydrogens is 316 g/mol. The second-order valence-corrected chi connectivity index (χ2v) is 6.59. The Labute approximate surface area is 148 Å². The van der Waals surface area contributed by atoms with Gasteiger partial charge in [0.25, 0.3) is 5.91 Å². The Morgan fingerprint density at radius 2 is 2.20 bits per heavy atom. The van der Waals surface area contributed by atoms with Crippen LogP contribution in [0.4, 0.5) is 11.6 Å². The molecule has 0 bridgehead atoms. The number of carbonyl (C=O) groups excluding carboxylic acids is 1. The molecule has 132 valence electrons. The largest absolute Gasteiger partial charge is 0.495 e. The first-order valence-electron chi connectivity index (χ1n) is 8.61. The van der Waals surface area contributed by atoms with Crippen molar-refractivity contribution in [3.8, 4) is 5.75 Å². The second-order valence-electron chi connectivity index (χ2n) is 6.59. The lowest BCUT2D eigenvalue weighted by Gasteiger charge is -2.30. The Morgan fingerprint density at radius 3 is 2.96 bits per heavy atom. The van der Waals surface area contributed by atoms with Gasteiger partial charge in [-0.25, -0.2) is 9.97 Å². The first-order chi connectivity index (χ1) is 12.1. The minimum absolute atomic E-state index is 0.0341. The van der Waals surface area contributed by atoms with Gasteiger partial charge in [0.1, 0.15) is 11.4 Å². The average molecular weight is 340 g/mol. The summed E-state index contributed by atoms with van der Waals surface area (Å²) in [6.07, 6.45) is 3.83. The van der Waals surface area contributed by atoms with E-state index in [2.05, 4.69) is 22.2 Å². The fraction of sp³-hybridized carbons (Fsp3) is 0.421. The highest BCUT2D eigenvalue weighted by Crippen LogP contribution is 2.27. The normalized spacial score (nSPS) is 17.2. The summed E-state index contributed by atoms with van der Waals surface area (Å²) in [5.41, 5.74) is 2.29. The summed E-state index contributed by atoms with van der Waals surface area (Å²) in [5.74, 6) is 1.59. The van der Waals surface area contributed by atoms with Crippen molar-refractivity contribution in [1.82, 2.24) is 14.9 Å². The molecule has 3 rings (SSSR count). The van der Waals surface area contributed by atoms with Gasteiger partial charge in [0.2, 0.25) is 5.95 Å². The number of anilines is 2. The van der Waals surface area contributed by atoms with Crippen LogP contribution in [0.15, 0.2) is 30.5 Å². The topological polar surface area (TPSA) is 67.3 Å². The van der Waals surface area contributed by atoms with Crippen LogP contribution in [0.3, 0.4) is 0 Å². The molecule has 0 saturated carbocycles. The highest BCUT2D eigenvalue weighted by Gasteiger charge is 2.23. The molecule has 2 heterocycles. The summed E-state index contributed by atoms with van der Waals surface area (Å²) < 4.78 is 5.36. The van der Waals surface area contributed by atoms with Gasteiger partial charge in [-0.2, -0.15) is 0 Å². The van der Waals surface area contributed by atoms with E-state index in [1.54, 1.807) is 19.4 Å². The summed E-state index contributed by atoms with van der Waals surface area (Å²) >= 11 is 0. The number of nitrogens with one attached hydrogen (secondary N) is 1. The van der Waals surface area contributed by atoms with Gasteiger partial charge >= 0.3 is 0 Å². The van der Waals surface area contributed by atoms with Gasteiger partial charge in [0.05, 0.1) is 12.8 Å². The number of nitrogens with zero attached hydrogens (tertiary/aromatic N) is 3. The summed E-state index contributed by atoms with van der Waals surface area (Å²) in [7, 11) is 1.62. The van der Waals surface area contributed by atoms with Gasteiger partial charge in [-0.1, -0.05) is 13.0 Å². The number of hydrogen-bond acceptors (Lipinski definition) is 5. The molecule has 1 aliphatic heterocycles. The van der Waals surface area contributed by atoms with Gasteiger partial charge in [-0.3, -0.25) is 4.79 Å². The molecule has 1 fully saturated rings. The Balaban J connectivity index is 1.80. The Bertz CT molecular complexity index is 763. The van der Waals surface area contributed by atoms with Crippen molar-refractivity contribution in [2.75, 3.05) is 25.5 Å². The van der Waals surface area contributed by atoms with E-state index < -0.39 is 0 Å².